The summed E-state index contributed by atoms with van der Waals surface area (Å²) in [6, 6.07) is 10.7. The van der Waals surface area contributed by atoms with Gasteiger partial charge >= 0.3 is 12.7 Å². The van der Waals surface area contributed by atoms with Gasteiger partial charge < -0.3 is 24.9 Å². The van der Waals surface area contributed by atoms with Gasteiger partial charge in [0.25, 0.3) is 0 Å². The Hall–Kier alpha value is -4.32. The van der Waals surface area contributed by atoms with Crippen LogP contribution in [-0.4, -0.2) is 52.4 Å². The first-order valence-corrected chi connectivity index (χ1v) is 16.7. The van der Waals surface area contributed by atoms with E-state index in [4.69, 9.17) is 0 Å². The molecule has 4 aromatic rings. The van der Waals surface area contributed by atoms with Crippen molar-refractivity contribution in [2.45, 2.75) is 64.1 Å². The third-order valence-electron chi connectivity index (χ3n) is 7.23. The Morgan fingerprint density at radius 1 is 0.796 bits per heavy atom. The fraction of sp³-hybridized carbons (Fsp3) is 0.419. The molecular weight excluding hydrogens is 699 g/mol. The van der Waals surface area contributed by atoms with Gasteiger partial charge in [-0.2, -0.15) is 0 Å². The van der Waals surface area contributed by atoms with Gasteiger partial charge in [0.2, 0.25) is 16.2 Å². The Bertz CT molecular complexity index is 1660. The second-order valence-corrected chi connectivity index (χ2v) is 13.2. The molecule has 0 atom stereocenters. The maximum atomic E-state index is 12.4. The van der Waals surface area contributed by atoms with Crippen LogP contribution < -0.4 is 20.1 Å². The maximum Gasteiger partial charge on any atom is 0.573 e. The van der Waals surface area contributed by atoms with E-state index in [0.717, 1.165) is 53.7 Å². The predicted octanol–water partition coefficient (Wildman–Crippen LogP) is 7.43. The fourth-order valence-corrected chi connectivity index (χ4v) is 6.80. The number of alkyl halides is 6. The van der Waals surface area contributed by atoms with Crippen molar-refractivity contribution < 1.29 is 45.4 Å². The summed E-state index contributed by atoms with van der Waals surface area (Å²) in [4.78, 5) is 22.4. The standard InChI is InChI=1S/C22H25F3N6O2S2.C9H7F3O2/c1-26-20-30-28-18(34-20)11-13-5-7-14(8-6-13)12-19-29-31-21(35-19)27-17(32)10-15-3-2-4-16(9-15)33-22(23,24)25;10-9(11,12)14-8-3-1-2-7(6-8)4-5-13/h2-4,9,13-14H,5-8,10-12H2,1H3,(H,26,30)(H,27,31,32);1-3,5-6H,4H2. The number of aldehydes is 1. The largest absolute Gasteiger partial charge is 0.573 e. The molecule has 2 aromatic heterocycles. The molecule has 264 valence electrons. The van der Waals surface area contributed by atoms with Gasteiger partial charge in [-0.1, -0.05) is 46.9 Å². The molecule has 5 rings (SSSR count). The molecule has 1 fully saturated rings. The number of nitrogens with one attached hydrogen (secondary N) is 2. The van der Waals surface area contributed by atoms with Crippen molar-refractivity contribution in [3.05, 3.63) is 69.7 Å². The van der Waals surface area contributed by atoms with Gasteiger partial charge in [-0.3, -0.25) is 4.79 Å². The normalized spacial score (nSPS) is 16.2. The molecule has 2 aromatic carbocycles. The van der Waals surface area contributed by atoms with Crippen molar-refractivity contribution in [2.75, 3.05) is 17.7 Å². The molecule has 2 heterocycles. The van der Waals surface area contributed by atoms with Crippen LogP contribution in [0.15, 0.2) is 48.5 Å². The van der Waals surface area contributed by atoms with E-state index in [1.807, 2.05) is 7.05 Å². The molecule has 49 heavy (non-hydrogen) atoms. The zero-order valence-electron chi connectivity index (χ0n) is 26.0. The number of carbonyl (C=O) groups excluding carboxylic acids is 2. The molecule has 0 bridgehead atoms. The number of halogens is 6. The van der Waals surface area contributed by atoms with E-state index >= 15 is 0 Å². The van der Waals surface area contributed by atoms with Gasteiger partial charge in [-0.05, 0) is 72.9 Å². The van der Waals surface area contributed by atoms with E-state index in [1.165, 1.54) is 47.7 Å². The lowest BCUT2D eigenvalue weighted by molar-refractivity contribution is -0.275. The predicted molar refractivity (Wildman–Crippen MR) is 171 cm³/mol. The van der Waals surface area contributed by atoms with Gasteiger partial charge in [-0.15, -0.1) is 46.7 Å². The summed E-state index contributed by atoms with van der Waals surface area (Å²) in [5, 5.41) is 25.5. The molecule has 10 nitrogen and oxygen atoms in total. The monoisotopic (exact) mass is 730 g/mol. The number of rotatable bonds is 12. The number of aromatic nitrogens is 4. The molecule has 0 spiro atoms. The van der Waals surface area contributed by atoms with Crippen LogP contribution >= 0.6 is 22.7 Å². The van der Waals surface area contributed by atoms with E-state index in [2.05, 4.69) is 40.5 Å². The SMILES string of the molecule is CNc1nnc(CC2CCC(Cc3nnc(NC(=O)Cc4cccc(OC(F)(F)F)c4)s3)CC2)s1.O=CCc1cccc(OC(F)(F)F)c1. The Morgan fingerprint density at radius 3 is 1.78 bits per heavy atom. The van der Waals surface area contributed by atoms with Crippen molar-refractivity contribution in [2.24, 2.45) is 11.8 Å². The van der Waals surface area contributed by atoms with Crippen LogP contribution in [0.25, 0.3) is 0 Å². The van der Waals surface area contributed by atoms with Crippen LogP contribution in [0.1, 0.15) is 46.8 Å². The molecule has 1 aliphatic rings. The Labute approximate surface area is 285 Å². The quantitative estimate of drug-likeness (QED) is 0.113. The first kappa shape index (κ1) is 37.5. The first-order chi connectivity index (χ1) is 23.3. The third-order valence-corrected chi connectivity index (χ3v) is 9.06. The molecular formula is C31H32F6N6O4S2. The van der Waals surface area contributed by atoms with Crippen LogP contribution in [0.4, 0.5) is 36.6 Å². The summed E-state index contributed by atoms with van der Waals surface area (Å²) >= 11 is 2.94. The number of carbonyl (C=O) groups is 2. The van der Waals surface area contributed by atoms with E-state index in [0.29, 0.717) is 34.4 Å². The van der Waals surface area contributed by atoms with E-state index in [9.17, 15) is 35.9 Å². The second-order valence-electron chi connectivity index (χ2n) is 11.0. The summed E-state index contributed by atoms with van der Waals surface area (Å²) in [7, 11) is 1.84. The zero-order chi connectivity index (χ0) is 35.4. The van der Waals surface area contributed by atoms with E-state index in [1.54, 1.807) is 23.5 Å². The molecule has 1 aliphatic carbocycles. The number of benzene rings is 2. The first-order valence-electron chi connectivity index (χ1n) is 15.0. The van der Waals surface area contributed by atoms with E-state index in [-0.39, 0.29) is 30.2 Å². The molecule has 1 amide bonds. The number of hydrogen-bond acceptors (Lipinski definition) is 11. The third kappa shape index (κ3) is 13.6. The average Bonchev–Trinajstić information content (AvgIpc) is 3.66. The molecule has 0 unspecified atom stereocenters. The number of hydrogen-bond donors (Lipinski definition) is 2. The van der Waals surface area contributed by atoms with E-state index < -0.39 is 12.7 Å². The number of amides is 1. The maximum absolute atomic E-state index is 12.4. The lowest BCUT2D eigenvalue weighted by Gasteiger charge is -2.27. The smallest absolute Gasteiger partial charge is 0.406 e. The molecule has 0 radical (unpaired) electrons. The number of nitrogens with zero attached hydrogens (tertiary/aromatic N) is 4. The molecule has 0 saturated heterocycles. The average molecular weight is 731 g/mol. The highest BCUT2D eigenvalue weighted by Gasteiger charge is 2.32. The summed E-state index contributed by atoms with van der Waals surface area (Å²) in [5.41, 5.74) is 0.892. The van der Waals surface area contributed by atoms with Crippen molar-refractivity contribution in [1.82, 2.24) is 20.4 Å². The van der Waals surface area contributed by atoms with Gasteiger partial charge in [0.1, 0.15) is 27.8 Å². The highest BCUT2D eigenvalue weighted by molar-refractivity contribution is 7.15. The topological polar surface area (TPSA) is 128 Å². The molecule has 1 saturated carbocycles. The fourth-order valence-electron chi connectivity index (χ4n) is 5.12. The Morgan fingerprint density at radius 2 is 1.29 bits per heavy atom. The highest BCUT2D eigenvalue weighted by Crippen LogP contribution is 2.34. The summed E-state index contributed by atoms with van der Waals surface area (Å²) < 4.78 is 80.1. The minimum absolute atomic E-state index is 0.0784. The van der Waals surface area contributed by atoms with Crippen molar-refractivity contribution in [3.8, 4) is 11.5 Å². The van der Waals surface area contributed by atoms with Crippen LogP contribution in [0.5, 0.6) is 11.5 Å². The Balaban J connectivity index is 0.000000324. The molecule has 18 heteroatoms. The van der Waals surface area contributed by atoms with Gasteiger partial charge in [0.05, 0.1) is 6.42 Å². The molecule has 2 N–H and O–H groups in total. The highest BCUT2D eigenvalue weighted by atomic mass is 32.1. The zero-order valence-corrected chi connectivity index (χ0v) is 27.6. The minimum atomic E-state index is -4.78. The van der Waals surface area contributed by atoms with Gasteiger partial charge in [0.15, 0.2) is 0 Å². The van der Waals surface area contributed by atoms with Crippen LogP contribution in [0.2, 0.25) is 0 Å². The second kappa shape index (κ2) is 17.4. The van der Waals surface area contributed by atoms with Crippen molar-refractivity contribution >= 4 is 45.1 Å². The van der Waals surface area contributed by atoms with Gasteiger partial charge in [-0.25, -0.2) is 0 Å². The lowest BCUT2D eigenvalue weighted by Crippen LogP contribution is -2.18. The van der Waals surface area contributed by atoms with Crippen LogP contribution in [-0.2, 0) is 35.3 Å². The summed E-state index contributed by atoms with van der Waals surface area (Å²) in [5.74, 6) is 0.101. The minimum Gasteiger partial charge on any atom is -0.406 e. The van der Waals surface area contributed by atoms with Crippen molar-refractivity contribution in [3.63, 3.8) is 0 Å². The number of anilines is 2. The van der Waals surface area contributed by atoms with Crippen LogP contribution in [0.3, 0.4) is 0 Å². The van der Waals surface area contributed by atoms with Gasteiger partial charge in [0, 0.05) is 26.3 Å². The van der Waals surface area contributed by atoms with Crippen LogP contribution in [0, 0.1) is 11.8 Å². The summed E-state index contributed by atoms with van der Waals surface area (Å²) in [6.45, 7) is 0. The molecule has 0 aliphatic heterocycles. The van der Waals surface area contributed by atoms with Crippen molar-refractivity contribution in [1.29, 1.82) is 0 Å². The number of ether oxygens (including phenoxy) is 2. The Kier molecular flexibility index (Phi) is 13.3. The summed E-state index contributed by atoms with van der Waals surface area (Å²) in [6.07, 6.45) is -2.60. The lowest BCUT2D eigenvalue weighted by atomic mass is 9.79.